The topological polar surface area (TPSA) is 93.6 Å². The van der Waals surface area contributed by atoms with E-state index in [0.29, 0.717) is 17.4 Å². The molecular weight excluding hydrogens is 268 g/mol. The van der Waals surface area contributed by atoms with Crippen LogP contribution in [-0.2, 0) is 0 Å². The Labute approximate surface area is 123 Å². The van der Waals surface area contributed by atoms with Crippen molar-refractivity contribution in [2.24, 2.45) is 10.9 Å². The van der Waals surface area contributed by atoms with Gasteiger partial charge in [0.25, 0.3) is 0 Å². The molecule has 0 bridgehead atoms. The summed E-state index contributed by atoms with van der Waals surface area (Å²) in [5.41, 5.74) is 7.97. The summed E-state index contributed by atoms with van der Waals surface area (Å²) in [6, 6.07) is 7.71. The number of hydrogen-bond donors (Lipinski definition) is 2. The number of oxime groups is 1. The van der Waals surface area contributed by atoms with Crippen molar-refractivity contribution in [3.05, 3.63) is 47.3 Å². The van der Waals surface area contributed by atoms with E-state index >= 15 is 0 Å². The van der Waals surface area contributed by atoms with E-state index in [-0.39, 0.29) is 11.8 Å². The number of nitrogens with zero attached hydrogens (tertiary/aromatic N) is 3. The van der Waals surface area contributed by atoms with Crippen LogP contribution in [-0.4, -0.2) is 21.0 Å². The fourth-order valence-electron chi connectivity index (χ4n) is 1.89. The molecule has 110 valence electrons. The largest absolute Gasteiger partial charge is 0.424 e. The van der Waals surface area contributed by atoms with Crippen LogP contribution in [0.3, 0.4) is 0 Å². The number of rotatable bonds is 4. The summed E-state index contributed by atoms with van der Waals surface area (Å²) in [6.45, 7) is 6.17. The van der Waals surface area contributed by atoms with Gasteiger partial charge in [-0.2, -0.15) is 4.98 Å². The van der Waals surface area contributed by atoms with E-state index in [1.165, 1.54) is 6.20 Å². The lowest BCUT2D eigenvalue weighted by Crippen LogP contribution is -2.15. The molecule has 2 rings (SSSR count). The molecule has 0 saturated carbocycles. The Kier molecular flexibility index (Phi) is 4.37. The van der Waals surface area contributed by atoms with Crippen LogP contribution in [0.4, 0.5) is 0 Å². The van der Waals surface area contributed by atoms with Gasteiger partial charge in [0.1, 0.15) is 11.4 Å². The predicted octanol–water partition coefficient (Wildman–Crippen LogP) is 2.80. The van der Waals surface area contributed by atoms with Gasteiger partial charge in [0.2, 0.25) is 0 Å². The summed E-state index contributed by atoms with van der Waals surface area (Å²) < 4.78 is 5.77. The molecule has 3 N–H and O–H groups in total. The maximum atomic E-state index is 8.68. The molecule has 0 atom stereocenters. The molecule has 1 aromatic carbocycles. The average Bonchev–Trinajstić information content (AvgIpc) is 2.46. The van der Waals surface area contributed by atoms with Crippen LogP contribution >= 0.6 is 0 Å². The number of aromatic nitrogens is 2. The van der Waals surface area contributed by atoms with Crippen LogP contribution in [0.5, 0.6) is 11.8 Å². The Bertz CT molecular complexity index is 668. The summed E-state index contributed by atoms with van der Waals surface area (Å²) in [5, 5.41) is 11.6. The van der Waals surface area contributed by atoms with Gasteiger partial charge in [0.05, 0.1) is 0 Å². The third kappa shape index (κ3) is 3.47. The minimum Gasteiger partial charge on any atom is -0.424 e. The van der Waals surface area contributed by atoms with Crippen LogP contribution in [0.1, 0.15) is 36.6 Å². The van der Waals surface area contributed by atoms with Gasteiger partial charge in [-0.1, -0.05) is 31.1 Å². The molecule has 0 aliphatic rings. The van der Waals surface area contributed by atoms with E-state index < -0.39 is 0 Å². The fourth-order valence-corrected chi connectivity index (χ4v) is 1.89. The fraction of sp³-hybridized carbons (Fsp3) is 0.267. The molecule has 0 fully saturated rings. The molecule has 1 aromatic heterocycles. The zero-order valence-corrected chi connectivity index (χ0v) is 12.2. The van der Waals surface area contributed by atoms with E-state index in [1.54, 1.807) is 6.07 Å². The van der Waals surface area contributed by atoms with Crippen molar-refractivity contribution in [3.8, 4) is 11.8 Å². The first-order valence-electron chi connectivity index (χ1n) is 6.60. The highest BCUT2D eigenvalue weighted by Gasteiger charge is 2.11. The van der Waals surface area contributed by atoms with Crippen molar-refractivity contribution in [3.63, 3.8) is 0 Å². The molecule has 21 heavy (non-hydrogen) atoms. The summed E-state index contributed by atoms with van der Waals surface area (Å²) in [5.74, 6) is 0.935. The highest BCUT2D eigenvalue weighted by atomic mass is 16.5. The van der Waals surface area contributed by atoms with Crippen molar-refractivity contribution in [1.29, 1.82) is 0 Å². The molecule has 0 aliphatic heterocycles. The quantitative estimate of drug-likeness (QED) is 0.390. The van der Waals surface area contributed by atoms with E-state index in [9.17, 15) is 0 Å². The van der Waals surface area contributed by atoms with Crippen molar-refractivity contribution < 1.29 is 9.94 Å². The lowest BCUT2D eigenvalue weighted by atomic mass is 10.0. The summed E-state index contributed by atoms with van der Waals surface area (Å²) in [4.78, 5) is 8.18. The number of hydrogen-bond acceptors (Lipinski definition) is 5. The van der Waals surface area contributed by atoms with Gasteiger partial charge < -0.3 is 15.7 Å². The minimum atomic E-state index is -0.0874. The molecular formula is C15H18N4O2. The maximum Gasteiger partial charge on any atom is 0.322 e. The Morgan fingerprint density at radius 3 is 2.76 bits per heavy atom. The van der Waals surface area contributed by atoms with Crippen LogP contribution in [0, 0.1) is 6.92 Å². The smallest absolute Gasteiger partial charge is 0.322 e. The molecule has 0 saturated heterocycles. The van der Waals surface area contributed by atoms with Crippen molar-refractivity contribution in [2.75, 3.05) is 0 Å². The zero-order valence-electron chi connectivity index (χ0n) is 12.2. The number of benzene rings is 1. The van der Waals surface area contributed by atoms with Gasteiger partial charge in [0.15, 0.2) is 5.84 Å². The first-order chi connectivity index (χ1) is 10.0. The third-order valence-corrected chi connectivity index (χ3v) is 3.00. The molecule has 6 heteroatoms. The first-order valence-corrected chi connectivity index (χ1v) is 6.60. The SMILES string of the molecule is Cc1ccc(C(C)C)c(Oc2nccc(/C(N)=N/O)n2)c1. The minimum absolute atomic E-state index is 0.0874. The van der Waals surface area contributed by atoms with Crippen LogP contribution in [0.2, 0.25) is 0 Å². The number of amidine groups is 1. The number of nitrogens with two attached hydrogens (primary N) is 1. The van der Waals surface area contributed by atoms with Gasteiger partial charge in [-0.15, -0.1) is 0 Å². The average molecular weight is 286 g/mol. The molecule has 6 nitrogen and oxygen atoms in total. The Morgan fingerprint density at radius 2 is 2.10 bits per heavy atom. The third-order valence-electron chi connectivity index (χ3n) is 3.00. The highest BCUT2D eigenvalue weighted by Crippen LogP contribution is 2.30. The van der Waals surface area contributed by atoms with E-state index in [1.807, 2.05) is 25.1 Å². The van der Waals surface area contributed by atoms with Crippen molar-refractivity contribution >= 4 is 5.84 Å². The van der Waals surface area contributed by atoms with Gasteiger partial charge in [-0.25, -0.2) is 4.98 Å². The molecule has 0 radical (unpaired) electrons. The van der Waals surface area contributed by atoms with Gasteiger partial charge >= 0.3 is 6.01 Å². The number of aryl methyl sites for hydroxylation is 1. The second-order valence-electron chi connectivity index (χ2n) is 5.01. The Morgan fingerprint density at radius 1 is 1.33 bits per heavy atom. The zero-order chi connectivity index (χ0) is 15.4. The van der Waals surface area contributed by atoms with Gasteiger partial charge in [-0.3, -0.25) is 0 Å². The van der Waals surface area contributed by atoms with Crippen LogP contribution < -0.4 is 10.5 Å². The summed E-state index contributed by atoms with van der Waals surface area (Å²) >= 11 is 0. The molecule has 1 heterocycles. The second-order valence-corrected chi connectivity index (χ2v) is 5.01. The normalized spacial score (nSPS) is 11.7. The molecule has 2 aromatic rings. The van der Waals surface area contributed by atoms with Crippen molar-refractivity contribution in [1.82, 2.24) is 9.97 Å². The second kappa shape index (κ2) is 6.21. The molecule has 0 aliphatic carbocycles. The predicted molar refractivity (Wildman–Crippen MR) is 79.9 cm³/mol. The van der Waals surface area contributed by atoms with Crippen LogP contribution in [0.15, 0.2) is 35.6 Å². The van der Waals surface area contributed by atoms with Crippen LogP contribution in [0.25, 0.3) is 0 Å². The van der Waals surface area contributed by atoms with Crippen molar-refractivity contribution in [2.45, 2.75) is 26.7 Å². The van der Waals surface area contributed by atoms with E-state index in [2.05, 4.69) is 29.0 Å². The summed E-state index contributed by atoms with van der Waals surface area (Å²) in [6.07, 6.45) is 1.50. The van der Waals surface area contributed by atoms with E-state index in [0.717, 1.165) is 11.1 Å². The maximum absolute atomic E-state index is 8.68. The lowest BCUT2D eigenvalue weighted by molar-refractivity contribution is 0.318. The highest BCUT2D eigenvalue weighted by molar-refractivity contribution is 5.95. The van der Waals surface area contributed by atoms with Gasteiger partial charge in [0, 0.05) is 6.20 Å². The standard InChI is InChI=1S/C15H18N4O2/c1-9(2)11-5-4-10(3)8-13(11)21-15-17-7-6-12(18-15)14(16)19-20/h4-9,20H,1-3H3,(H2,16,19). The molecule has 0 amide bonds. The van der Waals surface area contributed by atoms with Gasteiger partial charge in [-0.05, 0) is 36.1 Å². The Balaban J connectivity index is 2.36. The first kappa shape index (κ1) is 14.8. The lowest BCUT2D eigenvalue weighted by Gasteiger charge is -2.13. The monoisotopic (exact) mass is 286 g/mol. The molecule has 0 unspecified atom stereocenters. The molecule has 0 spiro atoms. The summed E-state index contributed by atoms with van der Waals surface area (Å²) in [7, 11) is 0. The number of ether oxygens (including phenoxy) is 1. The van der Waals surface area contributed by atoms with E-state index in [4.69, 9.17) is 15.7 Å². The Hall–Kier alpha value is -2.63.